The van der Waals surface area contributed by atoms with Crippen LogP contribution in [0.15, 0.2) is 70.9 Å². The van der Waals surface area contributed by atoms with Crippen molar-refractivity contribution in [3.63, 3.8) is 0 Å². The molecule has 0 unspecified atom stereocenters. The van der Waals surface area contributed by atoms with Crippen LogP contribution >= 0.6 is 22.9 Å². The van der Waals surface area contributed by atoms with E-state index in [1.165, 1.54) is 54.7 Å². The van der Waals surface area contributed by atoms with E-state index in [1.54, 1.807) is 29.6 Å². The van der Waals surface area contributed by atoms with Crippen molar-refractivity contribution >= 4 is 50.5 Å². The molecule has 10 heteroatoms. The van der Waals surface area contributed by atoms with Gasteiger partial charge < -0.3 is 10.1 Å². The predicted octanol–water partition coefficient (Wildman–Crippen LogP) is 3.93. The van der Waals surface area contributed by atoms with E-state index in [0.717, 1.165) is 0 Å². The quantitative estimate of drug-likeness (QED) is 0.407. The molecule has 0 aliphatic carbocycles. The molecule has 7 nitrogen and oxygen atoms in total. The molecule has 0 spiro atoms. The Morgan fingerprint density at radius 3 is 2.30 bits per heavy atom. The van der Waals surface area contributed by atoms with Crippen LogP contribution in [0.3, 0.4) is 0 Å². The zero-order valence-electron chi connectivity index (χ0n) is 15.7. The van der Waals surface area contributed by atoms with Crippen molar-refractivity contribution in [2.24, 2.45) is 0 Å². The minimum atomic E-state index is -3.91. The Bertz CT molecular complexity index is 1130. The number of carbonyl (C=O) groups is 2. The van der Waals surface area contributed by atoms with E-state index >= 15 is 0 Å². The number of carbonyl (C=O) groups excluding carboxylic acids is 2. The number of sulfonamides is 1. The fraction of sp³-hybridized carbons (Fsp3) is 0.100. The smallest absolute Gasteiger partial charge is 0.329 e. The SMILES string of the molecule is C[C@H](NS(=O)(=O)c1ccc(Cl)cc1)C(=O)Oc1ccc(NC(=O)c2cccs2)cc1. The van der Waals surface area contributed by atoms with Crippen LogP contribution in [-0.4, -0.2) is 26.3 Å². The van der Waals surface area contributed by atoms with Crippen molar-refractivity contribution in [1.82, 2.24) is 4.72 Å². The molecular weight excluding hydrogens is 448 g/mol. The number of amides is 1. The summed E-state index contributed by atoms with van der Waals surface area (Å²) < 4.78 is 32.2. The number of thiophene rings is 1. The summed E-state index contributed by atoms with van der Waals surface area (Å²) in [4.78, 5) is 24.9. The summed E-state index contributed by atoms with van der Waals surface area (Å²) in [5, 5.41) is 4.94. The van der Waals surface area contributed by atoms with Gasteiger partial charge in [0.05, 0.1) is 9.77 Å². The fourth-order valence-electron chi connectivity index (χ4n) is 2.37. The van der Waals surface area contributed by atoms with Crippen molar-refractivity contribution in [2.75, 3.05) is 5.32 Å². The molecule has 0 saturated carbocycles. The van der Waals surface area contributed by atoms with Crippen LogP contribution < -0.4 is 14.8 Å². The molecule has 0 saturated heterocycles. The van der Waals surface area contributed by atoms with Gasteiger partial charge in [0.2, 0.25) is 10.0 Å². The molecule has 0 aliphatic rings. The lowest BCUT2D eigenvalue weighted by atomic mass is 10.3. The zero-order valence-corrected chi connectivity index (χ0v) is 18.1. The number of rotatable bonds is 7. The highest BCUT2D eigenvalue weighted by Crippen LogP contribution is 2.19. The topological polar surface area (TPSA) is 102 Å². The maximum atomic E-state index is 12.4. The number of nitrogens with one attached hydrogen (secondary N) is 2. The van der Waals surface area contributed by atoms with Gasteiger partial charge in [-0.3, -0.25) is 4.79 Å². The third-order valence-corrected chi connectivity index (χ3v) is 6.56. The summed E-state index contributed by atoms with van der Waals surface area (Å²) in [6.07, 6.45) is 0. The predicted molar refractivity (Wildman–Crippen MR) is 116 cm³/mol. The number of anilines is 1. The van der Waals surface area contributed by atoms with Gasteiger partial charge in [0.25, 0.3) is 5.91 Å². The van der Waals surface area contributed by atoms with Crippen LogP contribution in [0.25, 0.3) is 0 Å². The first-order valence-electron chi connectivity index (χ1n) is 8.69. The van der Waals surface area contributed by atoms with E-state index in [4.69, 9.17) is 16.3 Å². The first-order chi connectivity index (χ1) is 14.2. The van der Waals surface area contributed by atoms with Gasteiger partial charge in [0.1, 0.15) is 11.8 Å². The number of benzene rings is 2. The number of ether oxygens (including phenoxy) is 1. The van der Waals surface area contributed by atoms with Crippen LogP contribution in [-0.2, 0) is 14.8 Å². The highest BCUT2D eigenvalue weighted by atomic mass is 35.5. The fourth-order valence-corrected chi connectivity index (χ4v) is 4.31. The molecule has 1 aromatic heterocycles. The lowest BCUT2D eigenvalue weighted by Gasteiger charge is -2.14. The molecule has 156 valence electrons. The minimum absolute atomic E-state index is 0.0163. The third-order valence-electron chi connectivity index (χ3n) is 3.89. The molecule has 0 bridgehead atoms. The van der Waals surface area contributed by atoms with Crippen molar-refractivity contribution < 1.29 is 22.7 Å². The van der Waals surface area contributed by atoms with E-state index in [0.29, 0.717) is 15.6 Å². The van der Waals surface area contributed by atoms with Gasteiger partial charge in [0, 0.05) is 10.7 Å². The van der Waals surface area contributed by atoms with E-state index < -0.39 is 22.0 Å². The molecule has 0 radical (unpaired) electrons. The second-order valence-electron chi connectivity index (χ2n) is 6.17. The first kappa shape index (κ1) is 22.0. The Morgan fingerprint density at radius 1 is 1.03 bits per heavy atom. The van der Waals surface area contributed by atoms with Crippen molar-refractivity contribution in [2.45, 2.75) is 17.9 Å². The van der Waals surface area contributed by atoms with E-state index in [1.807, 2.05) is 0 Å². The second kappa shape index (κ2) is 9.40. The zero-order chi connectivity index (χ0) is 21.7. The summed E-state index contributed by atoms with van der Waals surface area (Å²) in [5.74, 6) is -0.797. The molecule has 0 fully saturated rings. The number of hydrogen-bond donors (Lipinski definition) is 2. The highest BCUT2D eigenvalue weighted by molar-refractivity contribution is 7.89. The van der Waals surface area contributed by atoms with Gasteiger partial charge in [-0.1, -0.05) is 17.7 Å². The van der Waals surface area contributed by atoms with Crippen LogP contribution in [0.5, 0.6) is 5.75 Å². The molecule has 1 heterocycles. The summed E-state index contributed by atoms with van der Waals surface area (Å²) in [6, 6.07) is 14.1. The summed E-state index contributed by atoms with van der Waals surface area (Å²) in [5.41, 5.74) is 0.532. The molecule has 1 atom stereocenters. The number of halogens is 1. The van der Waals surface area contributed by atoms with Crippen LogP contribution in [0.4, 0.5) is 5.69 Å². The Kier molecular flexibility index (Phi) is 6.88. The Morgan fingerprint density at radius 2 is 1.70 bits per heavy atom. The largest absolute Gasteiger partial charge is 0.425 e. The minimum Gasteiger partial charge on any atom is -0.425 e. The lowest BCUT2D eigenvalue weighted by Crippen LogP contribution is -2.40. The second-order valence-corrected chi connectivity index (χ2v) is 9.27. The van der Waals surface area contributed by atoms with Crippen molar-refractivity contribution in [1.29, 1.82) is 0 Å². The monoisotopic (exact) mass is 464 g/mol. The van der Waals surface area contributed by atoms with E-state index in [-0.39, 0.29) is 16.6 Å². The van der Waals surface area contributed by atoms with Gasteiger partial charge in [-0.25, -0.2) is 13.2 Å². The van der Waals surface area contributed by atoms with Crippen LogP contribution in [0, 0.1) is 0 Å². The molecule has 2 aromatic carbocycles. The van der Waals surface area contributed by atoms with Gasteiger partial charge in [-0.05, 0) is 66.9 Å². The van der Waals surface area contributed by atoms with Crippen molar-refractivity contribution in [3.8, 4) is 5.75 Å². The standard InChI is InChI=1S/C20H17ClN2O5S2/c1-13(23-30(26,27)17-10-4-14(21)5-11-17)20(25)28-16-8-6-15(7-9-16)22-19(24)18-3-2-12-29-18/h2-13,23H,1H3,(H,22,24)/t13-/m0/s1. The number of esters is 1. The molecule has 0 aliphatic heterocycles. The molecule has 1 amide bonds. The maximum Gasteiger partial charge on any atom is 0.329 e. The molecule has 3 rings (SSSR count). The van der Waals surface area contributed by atoms with Gasteiger partial charge in [-0.2, -0.15) is 4.72 Å². The summed E-state index contributed by atoms with van der Waals surface area (Å²) in [6.45, 7) is 1.38. The lowest BCUT2D eigenvalue weighted by molar-refractivity contribution is -0.135. The average Bonchev–Trinajstić information content (AvgIpc) is 3.24. The molecule has 2 N–H and O–H groups in total. The summed E-state index contributed by atoms with van der Waals surface area (Å²) >= 11 is 7.09. The van der Waals surface area contributed by atoms with Gasteiger partial charge in [0.15, 0.2) is 0 Å². The summed E-state index contributed by atoms with van der Waals surface area (Å²) in [7, 11) is -3.91. The Labute approximate surface area is 182 Å². The van der Waals surface area contributed by atoms with Crippen LogP contribution in [0.2, 0.25) is 5.02 Å². The maximum absolute atomic E-state index is 12.4. The Balaban J connectivity index is 1.58. The molecule has 30 heavy (non-hydrogen) atoms. The average molecular weight is 465 g/mol. The van der Waals surface area contributed by atoms with E-state index in [9.17, 15) is 18.0 Å². The van der Waals surface area contributed by atoms with Crippen molar-refractivity contribution in [3.05, 3.63) is 75.9 Å². The first-order valence-corrected chi connectivity index (χ1v) is 11.4. The van der Waals surface area contributed by atoms with Gasteiger partial charge in [-0.15, -0.1) is 11.3 Å². The Hall–Kier alpha value is -2.72. The normalized spacial score (nSPS) is 12.2. The van der Waals surface area contributed by atoms with E-state index in [2.05, 4.69) is 10.0 Å². The van der Waals surface area contributed by atoms with Gasteiger partial charge >= 0.3 is 5.97 Å². The van der Waals surface area contributed by atoms with Crippen LogP contribution in [0.1, 0.15) is 16.6 Å². The molecule has 3 aromatic rings. The molecular formula is C20H17ClN2O5S2. The highest BCUT2D eigenvalue weighted by Gasteiger charge is 2.23. The number of hydrogen-bond acceptors (Lipinski definition) is 6. The third kappa shape index (κ3) is 5.67.